The fourth-order valence-electron chi connectivity index (χ4n) is 4.22. The van der Waals surface area contributed by atoms with Gasteiger partial charge >= 0.3 is 0 Å². The number of aryl methyl sites for hydroxylation is 2. The van der Waals surface area contributed by atoms with E-state index < -0.39 is 5.91 Å². The second-order valence-corrected chi connectivity index (χ2v) is 9.67. The molecule has 0 unspecified atom stereocenters. The number of nitrogens with one attached hydrogen (secondary N) is 1. The lowest BCUT2D eigenvalue weighted by Crippen LogP contribution is -2.13. The van der Waals surface area contributed by atoms with E-state index in [-0.39, 0.29) is 5.57 Å². The Balaban J connectivity index is 1.53. The summed E-state index contributed by atoms with van der Waals surface area (Å²) in [7, 11) is 0. The molecule has 0 bridgehead atoms. The van der Waals surface area contributed by atoms with E-state index in [0.29, 0.717) is 40.8 Å². The molecule has 2 aromatic carbocycles. The Labute approximate surface area is 215 Å². The van der Waals surface area contributed by atoms with Gasteiger partial charge < -0.3 is 14.8 Å². The zero-order chi connectivity index (χ0) is 25.5. The number of amides is 1. The highest BCUT2D eigenvalue weighted by atomic mass is 32.1. The molecule has 6 nitrogen and oxygen atoms in total. The Kier molecular flexibility index (Phi) is 8.05. The van der Waals surface area contributed by atoms with Gasteiger partial charge in [0.05, 0.1) is 12.2 Å². The molecule has 4 rings (SSSR count). The maximum atomic E-state index is 12.9. The highest BCUT2D eigenvalue weighted by molar-refractivity contribution is 7.16. The molecule has 0 saturated heterocycles. The van der Waals surface area contributed by atoms with E-state index in [1.165, 1.54) is 17.4 Å². The van der Waals surface area contributed by atoms with Crippen LogP contribution in [0.15, 0.2) is 48.0 Å². The van der Waals surface area contributed by atoms with Crippen molar-refractivity contribution < 1.29 is 14.3 Å². The number of ether oxygens (including phenoxy) is 2. The first-order chi connectivity index (χ1) is 17.5. The van der Waals surface area contributed by atoms with Crippen molar-refractivity contribution in [2.45, 2.75) is 46.1 Å². The summed E-state index contributed by atoms with van der Waals surface area (Å²) in [6.07, 6.45) is 5.42. The van der Waals surface area contributed by atoms with Crippen molar-refractivity contribution in [1.29, 1.82) is 10.5 Å². The zero-order valence-electron chi connectivity index (χ0n) is 20.4. The van der Waals surface area contributed by atoms with Crippen molar-refractivity contribution in [3.63, 3.8) is 0 Å². The van der Waals surface area contributed by atoms with E-state index in [1.54, 1.807) is 18.2 Å². The Morgan fingerprint density at radius 2 is 1.94 bits per heavy atom. The zero-order valence-corrected chi connectivity index (χ0v) is 21.2. The van der Waals surface area contributed by atoms with Crippen LogP contribution >= 0.6 is 11.3 Å². The average Bonchev–Trinajstić information content (AvgIpc) is 3.23. The van der Waals surface area contributed by atoms with Gasteiger partial charge in [-0.3, -0.25) is 4.79 Å². The molecular formula is C29H27N3O3S. The second-order valence-electron chi connectivity index (χ2n) is 8.57. The molecule has 36 heavy (non-hydrogen) atoms. The normalized spacial score (nSPS) is 12.7. The quantitative estimate of drug-likeness (QED) is 0.290. The number of hydrogen-bond donors (Lipinski definition) is 1. The lowest BCUT2D eigenvalue weighted by molar-refractivity contribution is -0.112. The van der Waals surface area contributed by atoms with E-state index >= 15 is 0 Å². The molecule has 3 aromatic rings. The van der Waals surface area contributed by atoms with Crippen LogP contribution in [0.4, 0.5) is 5.00 Å². The highest BCUT2D eigenvalue weighted by Crippen LogP contribution is 2.38. The van der Waals surface area contributed by atoms with Crippen LogP contribution in [-0.4, -0.2) is 12.5 Å². The first-order valence-corrected chi connectivity index (χ1v) is 12.8. The predicted octanol–water partition coefficient (Wildman–Crippen LogP) is 6.33. The maximum absolute atomic E-state index is 12.9. The van der Waals surface area contributed by atoms with Crippen LogP contribution in [0.25, 0.3) is 6.08 Å². The van der Waals surface area contributed by atoms with Crippen molar-refractivity contribution in [3.05, 3.63) is 80.7 Å². The molecule has 1 aliphatic carbocycles. The number of carbonyl (C=O) groups excluding carboxylic acids is 1. The molecule has 1 aliphatic rings. The van der Waals surface area contributed by atoms with Crippen LogP contribution in [0.5, 0.6) is 11.5 Å². The third-order valence-corrected chi connectivity index (χ3v) is 7.14. The third-order valence-electron chi connectivity index (χ3n) is 5.93. The lowest BCUT2D eigenvalue weighted by Gasteiger charge is -2.13. The van der Waals surface area contributed by atoms with Crippen molar-refractivity contribution in [2.24, 2.45) is 0 Å². The van der Waals surface area contributed by atoms with E-state index in [4.69, 9.17) is 9.47 Å². The van der Waals surface area contributed by atoms with Gasteiger partial charge in [-0.05, 0) is 74.4 Å². The first-order valence-electron chi connectivity index (χ1n) is 11.9. The summed E-state index contributed by atoms with van der Waals surface area (Å²) in [5.74, 6) is 0.584. The Morgan fingerprint density at radius 1 is 1.11 bits per heavy atom. The molecule has 0 saturated carbocycles. The first kappa shape index (κ1) is 25.0. The number of rotatable bonds is 8. The van der Waals surface area contributed by atoms with Gasteiger partial charge in [0.25, 0.3) is 5.91 Å². The summed E-state index contributed by atoms with van der Waals surface area (Å²) < 4.78 is 11.8. The third kappa shape index (κ3) is 5.76. The number of nitriles is 2. The van der Waals surface area contributed by atoms with E-state index in [1.807, 2.05) is 38.1 Å². The van der Waals surface area contributed by atoms with Crippen LogP contribution in [0.1, 0.15) is 52.5 Å². The molecule has 1 N–H and O–H groups in total. The minimum Gasteiger partial charge on any atom is -0.490 e. The summed E-state index contributed by atoms with van der Waals surface area (Å²) >= 11 is 1.44. The number of nitrogens with zero attached hydrogens (tertiary/aromatic N) is 2. The minimum atomic E-state index is -0.537. The molecular weight excluding hydrogens is 470 g/mol. The number of benzene rings is 2. The Morgan fingerprint density at radius 3 is 2.69 bits per heavy atom. The number of fused-ring (bicyclic) bond motifs is 1. The fourth-order valence-corrected chi connectivity index (χ4v) is 5.46. The van der Waals surface area contributed by atoms with Gasteiger partial charge in [0.1, 0.15) is 29.3 Å². The molecule has 0 spiro atoms. The molecule has 182 valence electrons. The molecule has 1 aromatic heterocycles. The predicted molar refractivity (Wildman–Crippen MR) is 141 cm³/mol. The topological polar surface area (TPSA) is 95.1 Å². The average molecular weight is 498 g/mol. The molecule has 0 atom stereocenters. The van der Waals surface area contributed by atoms with Crippen molar-refractivity contribution in [3.8, 4) is 23.6 Å². The number of anilines is 1. The lowest BCUT2D eigenvalue weighted by atomic mass is 9.96. The van der Waals surface area contributed by atoms with Crippen molar-refractivity contribution >= 4 is 28.3 Å². The van der Waals surface area contributed by atoms with Gasteiger partial charge in [0.2, 0.25) is 0 Å². The van der Waals surface area contributed by atoms with Crippen LogP contribution < -0.4 is 14.8 Å². The largest absolute Gasteiger partial charge is 0.490 e. The molecule has 0 radical (unpaired) electrons. The van der Waals surface area contributed by atoms with Gasteiger partial charge in [0, 0.05) is 4.88 Å². The maximum Gasteiger partial charge on any atom is 0.266 e. The summed E-state index contributed by atoms with van der Waals surface area (Å²) in [5, 5.41) is 22.6. The summed E-state index contributed by atoms with van der Waals surface area (Å²) in [4.78, 5) is 14.1. The molecule has 1 heterocycles. The Bertz CT molecular complexity index is 1390. The van der Waals surface area contributed by atoms with Gasteiger partial charge in [0.15, 0.2) is 11.5 Å². The van der Waals surface area contributed by atoms with E-state index in [2.05, 4.69) is 17.5 Å². The number of hydrogen-bond acceptors (Lipinski definition) is 6. The summed E-state index contributed by atoms with van der Waals surface area (Å²) in [6.45, 7) is 4.76. The van der Waals surface area contributed by atoms with Crippen LogP contribution in [0.2, 0.25) is 0 Å². The van der Waals surface area contributed by atoms with Crippen LogP contribution in [0.3, 0.4) is 0 Å². The highest BCUT2D eigenvalue weighted by Gasteiger charge is 2.22. The van der Waals surface area contributed by atoms with Crippen LogP contribution in [-0.2, 0) is 24.2 Å². The molecule has 0 aliphatic heterocycles. The molecule has 1 amide bonds. The van der Waals surface area contributed by atoms with Gasteiger partial charge in [-0.1, -0.05) is 35.9 Å². The second kappa shape index (κ2) is 11.6. The van der Waals surface area contributed by atoms with Gasteiger partial charge in [-0.25, -0.2) is 0 Å². The molecule has 0 fully saturated rings. The summed E-state index contributed by atoms with van der Waals surface area (Å²) in [6, 6.07) is 17.6. The van der Waals surface area contributed by atoms with Crippen molar-refractivity contribution in [2.75, 3.05) is 11.9 Å². The van der Waals surface area contributed by atoms with E-state index in [0.717, 1.165) is 47.3 Å². The monoisotopic (exact) mass is 497 g/mol. The SMILES string of the molecule is CCOc1cc(C=C(C#N)C(=O)Nc2sc3c(c2C#N)CCCC3)ccc1OCc1cccc(C)c1. The van der Waals surface area contributed by atoms with Crippen molar-refractivity contribution in [1.82, 2.24) is 0 Å². The Hall–Kier alpha value is -4.07. The fraction of sp³-hybridized carbons (Fsp3) is 0.276. The molecule has 7 heteroatoms. The van der Waals surface area contributed by atoms with Crippen LogP contribution in [0, 0.1) is 29.6 Å². The standard InChI is InChI=1S/C29H27N3O3S/c1-3-34-26-15-20(11-12-25(26)35-18-21-8-6-7-19(2)13-21)14-22(16-30)28(33)32-29-24(17-31)23-9-4-5-10-27(23)36-29/h6-8,11-15H,3-5,9-10,18H2,1-2H3,(H,32,33). The van der Waals surface area contributed by atoms with Gasteiger partial charge in [-0.15, -0.1) is 11.3 Å². The number of carbonyl (C=O) groups is 1. The van der Waals surface area contributed by atoms with Gasteiger partial charge in [-0.2, -0.15) is 10.5 Å². The van der Waals surface area contributed by atoms with E-state index in [9.17, 15) is 15.3 Å². The minimum absolute atomic E-state index is 0.0545. The smallest absolute Gasteiger partial charge is 0.266 e. The number of thiophene rings is 1. The summed E-state index contributed by atoms with van der Waals surface area (Å²) in [5.41, 5.74) is 4.36.